The average molecular weight is 1970 g/mol. The Kier molecular flexibility index (Phi) is 37.7. The van der Waals surface area contributed by atoms with E-state index < -0.39 is 108 Å². The van der Waals surface area contributed by atoms with Gasteiger partial charge >= 0.3 is 18.1 Å². The van der Waals surface area contributed by atoms with E-state index in [1.54, 1.807) is 22.7 Å². The van der Waals surface area contributed by atoms with E-state index in [1.165, 1.54) is 46.2 Å². The number of benzene rings is 4. The van der Waals surface area contributed by atoms with Crippen molar-refractivity contribution in [2.45, 2.75) is 136 Å². The maximum atomic E-state index is 13.2. The number of aliphatic carboxylic acids is 2. The topological polar surface area (TPSA) is 515 Å². The van der Waals surface area contributed by atoms with Crippen LogP contribution in [0.1, 0.15) is 184 Å². The van der Waals surface area contributed by atoms with Crippen LogP contribution in [-0.4, -0.2) is 275 Å². The molecule has 46 heteroatoms. The number of ether oxygens (including phenoxy) is 8. The van der Waals surface area contributed by atoms with Crippen molar-refractivity contribution in [1.29, 1.82) is 0 Å². The van der Waals surface area contributed by atoms with Gasteiger partial charge < -0.3 is 69.8 Å². The van der Waals surface area contributed by atoms with Crippen LogP contribution in [0.2, 0.25) is 10.0 Å². The molecule has 0 aliphatic carbocycles. The Morgan fingerprint density at radius 1 is 0.478 bits per heavy atom. The van der Waals surface area contributed by atoms with Crippen molar-refractivity contribution in [2.24, 2.45) is 15.7 Å². The first kappa shape index (κ1) is 104. The zero-order valence-electron chi connectivity index (χ0n) is 74.9. The molecular formula is C90H101Cl2F3N16O23S2. The second-order valence-corrected chi connectivity index (χ2v) is 34.4. The number of aryl methyl sites for hydroxylation is 4. The van der Waals surface area contributed by atoms with Crippen LogP contribution in [0.25, 0.3) is 10.0 Å². The molecule has 4 atom stereocenters. The van der Waals surface area contributed by atoms with Gasteiger partial charge in [0.2, 0.25) is 29.5 Å². The van der Waals surface area contributed by atoms with Crippen LogP contribution in [0.3, 0.4) is 0 Å². The van der Waals surface area contributed by atoms with Gasteiger partial charge in [-0.05, 0) is 146 Å². The Morgan fingerprint density at radius 2 is 0.831 bits per heavy atom. The summed E-state index contributed by atoms with van der Waals surface area (Å²) in [6.07, 6.45) is -2.45. The lowest BCUT2D eigenvalue weighted by molar-refractivity contribution is -0.192. The molecule has 2 fully saturated rings. The average Bonchev–Trinajstić information content (AvgIpc) is 1.61. The summed E-state index contributed by atoms with van der Waals surface area (Å²) in [4.78, 5) is 172. The highest BCUT2D eigenvalue weighted by atomic mass is 35.5. The number of rotatable bonds is 41. The molecule has 0 radical (unpaired) electrons. The molecule has 0 bridgehead atoms. The van der Waals surface area contributed by atoms with Gasteiger partial charge in [0.1, 0.15) is 57.3 Å². The number of fused-ring (bicyclic) bond motifs is 8. The number of carbonyl (C=O) groups is 13. The minimum absolute atomic E-state index is 0.00672. The molecule has 8 aromatic rings. The zero-order valence-corrected chi connectivity index (χ0v) is 78.1. The van der Waals surface area contributed by atoms with Crippen molar-refractivity contribution >= 4 is 134 Å². The fraction of sp³-hybridized carbons (Fsp3) is 0.433. The summed E-state index contributed by atoms with van der Waals surface area (Å²) in [5.41, 5.74) is 13.1. The van der Waals surface area contributed by atoms with Gasteiger partial charge in [-0.2, -0.15) is 13.2 Å². The number of piperidine rings is 2. The summed E-state index contributed by atoms with van der Waals surface area (Å²) < 4.78 is 79.8. The fourth-order valence-corrected chi connectivity index (χ4v) is 17.4. The number of carboxylic acid groups (broad SMARTS) is 2. The molecule has 6 aliphatic heterocycles. The number of nitrogens with two attached hydrogens (primary N) is 1. The molecule has 4 aromatic heterocycles. The van der Waals surface area contributed by atoms with Crippen LogP contribution in [0.15, 0.2) is 94.9 Å². The summed E-state index contributed by atoms with van der Waals surface area (Å²) in [5, 5.41) is 49.8. The van der Waals surface area contributed by atoms with Crippen molar-refractivity contribution in [3.05, 3.63) is 184 Å². The predicted octanol–water partition coefficient (Wildman–Crippen LogP) is 8.01. The van der Waals surface area contributed by atoms with Crippen molar-refractivity contribution in [3.63, 3.8) is 0 Å². The van der Waals surface area contributed by atoms with Gasteiger partial charge in [0, 0.05) is 101 Å². The molecule has 726 valence electrons. The molecular weight excluding hydrogens is 1870 g/mol. The van der Waals surface area contributed by atoms with Gasteiger partial charge in [-0.3, -0.25) is 97.1 Å². The third-order valence-corrected chi connectivity index (χ3v) is 24.5. The molecule has 10 heterocycles. The van der Waals surface area contributed by atoms with Crippen molar-refractivity contribution in [2.75, 3.05) is 119 Å². The summed E-state index contributed by atoms with van der Waals surface area (Å²) in [6, 6.07) is 20.6. The number of thiophene rings is 2. The monoisotopic (exact) mass is 1960 g/mol. The second kappa shape index (κ2) is 49.3. The Bertz CT molecular complexity index is 5810. The number of hydrogen-bond donors (Lipinski definition) is 8. The van der Waals surface area contributed by atoms with Crippen molar-refractivity contribution in [3.8, 4) is 21.5 Å². The molecule has 3 unspecified atom stereocenters. The molecule has 0 spiro atoms. The molecule has 2 saturated heterocycles. The number of halogens is 5. The van der Waals surface area contributed by atoms with E-state index >= 15 is 0 Å². The van der Waals surface area contributed by atoms with Gasteiger partial charge in [-0.1, -0.05) is 59.6 Å². The van der Waals surface area contributed by atoms with Gasteiger partial charge in [0.05, 0.1) is 99.4 Å². The van der Waals surface area contributed by atoms with E-state index in [0.29, 0.717) is 146 Å². The minimum Gasteiger partial charge on any atom is -0.483 e. The van der Waals surface area contributed by atoms with E-state index in [1.807, 2.05) is 71.5 Å². The summed E-state index contributed by atoms with van der Waals surface area (Å²) in [5.74, 6) is -6.96. The van der Waals surface area contributed by atoms with Gasteiger partial charge in [0.25, 0.3) is 35.4 Å². The highest BCUT2D eigenvalue weighted by Gasteiger charge is 2.49. The maximum Gasteiger partial charge on any atom is 0.490 e. The van der Waals surface area contributed by atoms with Crippen LogP contribution >= 0.6 is 45.9 Å². The Balaban J connectivity index is 0.000000207. The number of aliphatic imine (C=N–C) groups is 2. The first-order valence-corrected chi connectivity index (χ1v) is 45.7. The maximum absolute atomic E-state index is 13.2. The minimum atomic E-state index is -5.08. The summed E-state index contributed by atoms with van der Waals surface area (Å²) in [7, 11) is 0. The SMILES string of the molecule is Cc1sc2c(c1C)C(c1ccc(Cl)cc1)=NC(CC(=O)O)c1nnc(C)n1-2.Cc1sc2c(c1C)C(c1ccc(Cl)cc1)=N[C@@H](CC(=O)NCCCOCCOCCOCCCNC(=O)COc1cccc3c1C(=O)N(C1CCC(=O)NC1=O)C3=O)c1nnc(C)n1-2.NCCCOCCOCCOCCCNC(=O)COc1cccc2c1C(=O)N(C1CCC(=O)NC1=O)C2=O.O=C(O)C(F)(F)F. The number of nitrogens with zero attached hydrogens (tertiary/aromatic N) is 10. The van der Waals surface area contributed by atoms with Gasteiger partial charge in [-0.25, -0.2) is 4.79 Å². The number of imide groups is 4. The second-order valence-electron chi connectivity index (χ2n) is 31.2. The van der Waals surface area contributed by atoms with E-state index in [-0.39, 0.29) is 84.8 Å². The highest BCUT2D eigenvalue weighted by molar-refractivity contribution is 7.15. The number of hydrogen-bond acceptors (Lipinski definition) is 30. The number of carbonyl (C=O) groups excluding carboxylic acids is 11. The third-order valence-electron chi connectivity index (χ3n) is 21.6. The molecule has 14 rings (SSSR count). The third kappa shape index (κ3) is 26.8. The normalized spacial score (nSPS) is 16.3. The Hall–Kier alpha value is -12.5. The van der Waals surface area contributed by atoms with Gasteiger partial charge in [-0.15, -0.1) is 43.1 Å². The van der Waals surface area contributed by atoms with E-state index in [2.05, 4.69) is 74.7 Å². The number of carboxylic acids is 2. The molecule has 136 heavy (non-hydrogen) atoms. The molecule has 6 aliphatic rings. The first-order valence-electron chi connectivity index (χ1n) is 43.3. The van der Waals surface area contributed by atoms with Crippen LogP contribution in [0.4, 0.5) is 13.2 Å². The smallest absolute Gasteiger partial charge is 0.483 e. The quantitative estimate of drug-likeness (QED) is 0.0133. The van der Waals surface area contributed by atoms with E-state index in [0.717, 1.165) is 82.7 Å². The summed E-state index contributed by atoms with van der Waals surface area (Å²) >= 11 is 15.6. The molecule has 39 nitrogen and oxygen atoms in total. The number of alkyl halides is 3. The number of amides is 11. The molecule has 0 saturated carbocycles. The van der Waals surface area contributed by atoms with Crippen LogP contribution in [0, 0.1) is 41.5 Å². The van der Waals surface area contributed by atoms with E-state index in [4.69, 9.17) is 86.7 Å². The van der Waals surface area contributed by atoms with Gasteiger partial charge in [0.15, 0.2) is 24.9 Å². The zero-order chi connectivity index (χ0) is 98.0. The largest absolute Gasteiger partial charge is 0.490 e. The summed E-state index contributed by atoms with van der Waals surface area (Å²) in [6.45, 7) is 18.3. The van der Waals surface area contributed by atoms with Crippen LogP contribution in [0.5, 0.6) is 11.5 Å². The van der Waals surface area contributed by atoms with Crippen LogP contribution in [-0.2, 0) is 71.6 Å². The molecule has 11 amide bonds. The number of aromatic nitrogens is 6. The first-order chi connectivity index (χ1) is 65.2. The molecule has 9 N–H and O–H groups in total. The predicted molar refractivity (Wildman–Crippen MR) is 486 cm³/mol. The molecule has 4 aromatic carbocycles. The fourth-order valence-electron chi connectivity index (χ4n) is 14.8. The van der Waals surface area contributed by atoms with E-state index in [9.17, 15) is 75.8 Å². The van der Waals surface area contributed by atoms with Crippen molar-refractivity contribution in [1.82, 2.24) is 65.9 Å². The van der Waals surface area contributed by atoms with Crippen molar-refractivity contribution < 1.29 is 124 Å². The Morgan fingerprint density at radius 3 is 1.18 bits per heavy atom. The lowest BCUT2D eigenvalue weighted by atomic mass is 9.99. The lowest BCUT2D eigenvalue weighted by Crippen LogP contribution is -2.54. The van der Waals surface area contributed by atoms with Crippen LogP contribution < -0.4 is 41.8 Å². The lowest BCUT2D eigenvalue weighted by Gasteiger charge is -2.27. The number of nitrogens with one attached hydrogen (secondary N) is 5. The highest BCUT2D eigenvalue weighted by Crippen LogP contribution is 2.43. The standard InChI is InChI=1S/C44H49ClN8O10S.C25H34N4O9.C19H17ClN4O2S.C2HF3O2/c1-25-26(2)64-44-37(25)39(28-9-11-29(45)12-10-28)48-31(40-51-50-27(3)52(40)44)23-35(55)46-15-5-17-60-19-21-62-22-20-61-18-6-16-47-36(56)24-63-33-8-4-7-30-38(33)43(59)53(42(30)58)32-13-14-34(54)49-41(32)57;26-8-2-10-35-12-14-37-15-13-36-11-3-9-27-21(31)16-38-19-5-1-4-17-22(19)25(34)29(24(17)33)18-6-7-20(30)28-23(18)32;1-9-10(2)27-19-16(9)17(12-4-6-13(20)7-5-12)21-14(8-15(25)26)18-23-22-11(3)24(18)19;3-2(4,5)1(6)7/h4,7-12,31-32H,5-6,13-24H2,1-3H3,(H,46,55)(H,47,56)(H,49,54,57);1,4-5,18H,2-3,6-16,26H2,(H,27,31)(H,28,30,32);4-7,14H,8H2,1-3H3,(H,25,26);(H,6,7)/t31-,32?;;;/m0.../s1. The Labute approximate surface area is 795 Å².